The van der Waals surface area contributed by atoms with Gasteiger partial charge in [0.05, 0.1) is 11.4 Å². The zero-order valence-electron chi connectivity index (χ0n) is 15.3. The summed E-state index contributed by atoms with van der Waals surface area (Å²) in [4.78, 5) is 9.32. The number of pyridine rings is 1. The molecule has 27 heavy (non-hydrogen) atoms. The minimum atomic E-state index is -4.21. The van der Waals surface area contributed by atoms with E-state index in [1.807, 2.05) is 19.9 Å². The second-order valence-corrected chi connectivity index (χ2v) is 7.47. The van der Waals surface area contributed by atoms with Crippen molar-refractivity contribution in [2.45, 2.75) is 38.3 Å². The van der Waals surface area contributed by atoms with Gasteiger partial charge in [0.1, 0.15) is 11.0 Å². The van der Waals surface area contributed by atoms with E-state index in [4.69, 9.17) is 11.6 Å². The SMILES string of the molecule is CCCN/C(=N\c1cc(SCC(F)(F)F)c(C)cc1C)c1ccc(Cl)nc1. The Balaban J connectivity index is 2.40. The first-order chi connectivity index (χ1) is 12.7. The standard InChI is InChI=1S/C19H21ClF3N3S/c1-4-7-24-18(14-5-6-17(20)25-10-14)26-15-9-16(13(3)8-12(15)2)27-11-19(21,22)23/h5-6,8-10H,4,7,11H2,1-3H3,(H,24,26). The number of hydrogen-bond donors (Lipinski definition) is 1. The predicted molar refractivity (Wildman–Crippen MR) is 106 cm³/mol. The van der Waals surface area contributed by atoms with Crippen molar-refractivity contribution in [2.24, 2.45) is 4.99 Å². The second-order valence-electron chi connectivity index (χ2n) is 6.06. The summed E-state index contributed by atoms with van der Waals surface area (Å²) >= 11 is 6.62. The van der Waals surface area contributed by atoms with Crippen LogP contribution < -0.4 is 5.32 Å². The Kier molecular flexibility index (Phi) is 7.56. The Morgan fingerprint density at radius 2 is 1.96 bits per heavy atom. The molecule has 1 N–H and O–H groups in total. The third-order valence-corrected chi connectivity index (χ3v) is 5.11. The molecule has 0 unspecified atom stereocenters. The molecule has 0 radical (unpaired) electrons. The maximum atomic E-state index is 12.6. The Morgan fingerprint density at radius 3 is 2.56 bits per heavy atom. The lowest BCUT2D eigenvalue weighted by Crippen LogP contribution is -2.25. The van der Waals surface area contributed by atoms with Gasteiger partial charge in [-0.2, -0.15) is 13.2 Å². The van der Waals surface area contributed by atoms with E-state index in [9.17, 15) is 13.2 Å². The van der Waals surface area contributed by atoms with Crippen LogP contribution in [0.2, 0.25) is 5.15 Å². The highest BCUT2D eigenvalue weighted by Crippen LogP contribution is 2.34. The highest BCUT2D eigenvalue weighted by molar-refractivity contribution is 7.99. The number of aliphatic imine (C=N–C) groups is 1. The van der Waals surface area contributed by atoms with Crippen molar-refractivity contribution in [3.05, 3.63) is 52.3 Å². The summed E-state index contributed by atoms with van der Waals surface area (Å²) in [6.45, 7) is 6.44. The van der Waals surface area contributed by atoms with Gasteiger partial charge in [-0.05, 0) is 49.6 Å². The second kappa shape index (κ2) is 9.46. The summed E-state index contributed by atoms with van der Waals surface area (Å²) in [6.07, 6.45) is -1.69. The molecule has 0 amide bonds. The summed E-state index contributed by atoms with van der Waals surface area (Å²) < 4.78 is 37.7. The van der Waals surface area contributed by atoms with Crippen LogP contribution in [0.1, 0.15) is 30.0 Å². The first-order valence-electron chi connectivity index (χ1n) is 8.45. The number of aromatic nitrogens is 1. The van der Waals surface area contributed by atoms with Crippen LogP contribution in [0.4, 0.5) is 18.9 Å². The molecule has 0 atom stereocenters. The van der Waals surface area contributed by atoms with Crippen molar-refractivity contribution < 1.29 is 13.2 Å². The lowest BCUT2D eigenvalue weighted by molar-refractivity contribution is -0.105. The third kappa shape index (κ3) is 6.74. The lowest BCUT2D eigenvalue weighted by Gasteiger charge is -2.13. The summed E-state index contributed by atoms with van der Waals surface area (Å²) in [5.41, 5.74) is 3.08. The molecule has 2 rings (SSSR count). The number of alkyl halides is 3. The number of amidine groups is 1. The Labute approximate surface area is 166 Å². The van der Waals surface area contributed by atoms with E-state index in [0.29, 0.717) is 28.1 Å². The van der Waals surface area contributed by atoms with Crippen LogP contribution >= 0.6 is 23.4 Å². The van der Waals surface area contributed by atoms with Crippen molar-refractivity contribution in [1.29, 1.82) is 0 Å². The molecule has 8 heteroatoms. The van der Waals surface area contributed by atoms with Gasteiger partial charge >= 0.3 is 6.18 Å². The minimum Gasteiger partial charge on any atom is -0.370 e. The maximum Gasteiger partial charge on any atom is 0.398 e. The molecular weight excluding hydrogens is 395 g/mol. The van der Waals surface area contributed by atoms with Gasteiger partial charge in [-0.25, -0.2) is 9.98 Å². The fourth-order valence-electron chi connectivity index (χ4n) is 2.34. The van der Waals surface area contributed by atoms with Crippen LogP contribution in [0, 0.1) is 13.8 Å². The molecule has 1 aromatic heterocycles. The van der Waals surface area contributed by atoms with Gasteiger partial charge in [0.2, 0.25) is 0 Å². The smallest absolute Gasteiger partial charge is 0.370 e. The van der Waals surface area contributed by atoms with Gasteiger partial charge < -0.3 is 5.32 Å². The quantitative estimate of drug-likeness (QED) is 0.268. The number of aryl methyl sites for hydroxylation is 2. The fourth-order valence-corrected chi connectivity index (χ4v) is 3.26. The van der Waals surface area contributed by atoms with E-state index in [0.717, 1.165) is 34.9 Å². The van der Waals surface area contributed by atoms with Crippen molar-refractivity contribution in [3.8, 4) is 0 Å². The minimum absolute atomic E-state index is 0.381. The van der Waals surface area contributed by atoms with E-state index in [-0.39, 0.29) is 0 Å². The highest BCUT2D eigenvalue weighted by atomic mass is 35.5. The number of nitrogens with zero attached hydrogens (tertiary/aromatic N) is 2. The van der Waals surface area contributed by atoms with Crippen LogP contribution in [0.3, 0.4) is 0 Å². The van der Waals surface area contributed by atoms with Gasteiger partial charge in [-0.15, -0.1) is 11.8 Å². The molecule has 146 valence electrons. The van der Waals surface area contributed by atoms with Crippen LogP contribution in [-0.2, 0) is 0 Å². The van der Waals surface area contributed by atoms with Gasteiger partial charge in [0.15, 0.2) is 0 Å². The Bertz CT molecular complexity index is 805. The Hall–Kier alpha value is -1.73. The number of hydrogen-bond acceptors (Lipinski definition) is 3. The molecule has 1 aromatic carbocycles. The summed E-state index contributed by atoms with van der Waals surface area (Å²) in [7, 11) is 0. The van der Waals surface area contributed by atoms with Crippen LogP contribution in [0.25, 0.3) is 0 Å². The van der Waals surface area contributed by atoms with Gasteiger partial charge in [-0.3, -0.25) is 0 Å². The number of halogens is 4. The van der Waals surface area contributed by atoms with E-state index < -0.39 is 11.9 Å². The summed E-state index contributed by atoms with van der Waals surface area (Å²) in [6, 6.07) is 7.04. The molecule has 0 aliphatic carbocycles. The molecule has 0 aliphatic heterocycles. The van der Waals surface area contributed by atoms with Crippen LogP contribution in [0.15, 0.2) is 40.4 Å². The zero-order valence-corrected chi connectivity index (χ0v) is 16.9. The third-order valence-electron chi connectivity index (χ3n) is 3.66. The molecule has 1 heterocycles. The first-order valence-corrected chi connectivity index (χ1v) is 9.81. The number of thioether (sulfide) groups is 1. The van der Waals surface area contributed by atoms with Crippen LogP contribution in [0.5, 0.6) is 0 Å². The molecule has 0 aliphatic rings. The largest absolute Gasteiger partial charge is 0.398 e. The summed E-state index contributed by atoms with van der Waals surface area (Å²) in [5, 5.41) is 3.63. The average Bonchev–Trinajstić information content (AvgIpc) is 2.59. The molecule has 0 saturated heterocycles. The zero-order chi connectivity index (χ0) is 20.0. The molecule has 0 spiro atoms. The molecule has 3 nitrogen and oxygen atoms in total. The van der Waals surface area contributed by atoms with Gasteiger partial charge in [0.25, 0.3) is 0 Å². The normalized spacial score (nSPS) is 12.3. The van der Waals surface area contributed by atoms with E-state index >= 15 is 0 Å². The van der Waals surface area contributed by atoms with Crippen molar-refractivity contribution in [1.82, 2.24) is 10.3 Å². The van der Waals surface area contributed by atoms with Crippen LogP contribution in [-0.4, -0.2) is 29.3 Å². The number of benzene rings is 1. The Morgan fingerprint density at radius 1 is 1.22 bits per heavy atom. The van der Waals surface area contributed by atoms with Gasteiger partial charge in [-0.1, -0.05) is 24.6 Å². The van der Waals surface area contributed by atoms with Crippen molar-refractivity contribution in [2.75, 3.05) is 12.3 Å². The monoisotopic (exact) mass is 415 g/mol. The fraction of sp³-hybridized carbons (Fsp3) is 0.368. The van der Waals surface area contributed by atoms with E-state index in [2.05, 4.69) is 15.3 Å². The molecule has 0 bridgehead atoms. The van der Waals surface area contributed by atoms with Crippen molar-refractivity contribution >= 4 is 34.9 Å². The highest BCUT2D eigenvalue weighted by Gasteiger charge is 2.27. The molecular formula is C19H21ClF3N3S. The van der Waals surface area contributed by atoms with E-state index in [1.165, 1.54) is 0 Å². The topological polar surface area (TPSA) is 37.3 Å². The molecule has 0 fully saturated rings. The maximum absolute atomic E-state index is 12.6. The van der Waals surface area contributed by atoms with Crippen molar-refractivity contribution in [3.63, 3.8) is 0 Å². The number of rotatable bonds is 6. The number of nitrogens with one attached hydrogen (secondary N) is 1. The first kappa shape index (κ1) is 21.6. The molecule has 2 aromatic rings. The average molecular weight is 416 g/mol. The lowest BCUT2D eigenvalue weighted by atomic mass is 10.1. The molecule has 0 saturated carbocycles. The van der Waals surface area contributed by atoms with Gasteiger partial charge in [0, 0.05) is 23.2 Å². The van der Waals surface area contributed by atoms with E-state index in [1.54, 1.807) is 31.3 Å². The summed E-state index contributed by atoms with van der Waals surface area (Å²) in [5.74, 6) is -0.318. The predicted octanol–water partition coefficient (Wildman–Crippen LogP) is 6.08.